The Kier molecular flexibility index (Phi) is 4.33. The third-order valence-electron chi connectivity index (χ3n) is 3.95. The number of nitrogens with two attached hydrogens (primary N) is 1. The number of carbonyl (C=O) groups excluding carboxylic acids is 1. The van der Waals surface area contributed by atoms with Gasteiger partial charge in [0.1, 0.15) is 11.3 Å². The maximum absolute atomic E-state index is 11.9. The van der Waals surface area contributed by atoms with E-state index in [2.05, 4.69) is 0 Å². The lowest BCUT2D eigenvalue weighted by molar-refractivity contribution is 0.0523. The van der Waals surface area contributed by atoms with Gasteiger partial charge < -0.3 is 14.1 Å². The number of ether oxygens (including phenoxy) is 1. The molecule has 2 N–H and O–H groups in total. The molecule has 1 aliphatic rings. The van der Waals surface area contributed by atoms with Crippen LogP contribution in [0.2, 0.25) is 0 Å². The Morgan fingerprint density at radius 3 is 2.88 bits per heavy atom. The molecule has 0 atom stereocenters. The summed E-state index contributed by atoms with van der Waals surface area (Å²) in [4.78, 5) is 14.1. The van der Waals surface area contributed by atoms with Crippen LogP contribution in [0.15, 0.2) is 39.8 Å². The summed E-state index contributed by atoms with van der Waals surface area (Å²) in [5.74, 6) is 0.113. The van der Waals surface area contributed by atoms with Gasteiger partial charge in [0.2, 0.25) is 10.0 Å². The number of primary sulfonamides is 1. The molecule has 0 fully saturated rings. The third-order valence-corrected chi connectivity index (χ3v) is 4.86. The smallest absolute Gasteiger partial charge is 0.341 e. The highest BCUT2D eigenvalue weighted by Gasteiger charge is 2.24. The van der Waals surface area contributed by atoms with E-state index in [0.29, 0.717) is 37.4 Å². The van der Waals surface area contributed by atoms with E-state index in [1.807, 2.05) is 4.90 Å². The molecule has 3 rings (SSSR count). The summed E-state index contributed by atoms with van der Waals surface area (Å²) >= 11 is 0. The first kappa shape index (κ1) is 16.5. The Bertz CT molecular complexity index is 872. The molecular formula is C16H18N2O5S. The van der Waals surface area contributed by atoms with Gasteiger partial charge in [-0.1, -0.05) is 0 Å². The van der Waals surface area contributed by atoms with E-state index < -0.39 is 16.0 Å². The van der Waals surface area contributed by atoms with Crippen LogP contribution in [0.3, 0.4) is 0 Å². The van der Waals surface area contributed by atoms with Gasteiger partial charge in [-0.15, -0.1) is 0 Å². The summed E-state index contributed by atoms with van der Waals surface area (Å²) in [6.45, 7) is 3.15. The summed E-state index contributed by atoms with van der Waals surface area (Å²) in [6.07, 6.45) is 2.16. The Morgan fingerprint density at radius 1 is 1.38 bits per heavy atom. The number of sulfonamides is 1. The number of hydrogen-bond acceptors (Lipinski definition) is 6. The molecule has 7 nitrogen and oxygen atoms in total. The number of anilines is 1. The molecule has 2 heterocycles. The van der Waals surface area contributed by atoms with Crippen molar-refractivity contribution in [3.8, 4) is 0 Å². The van der Waals surface area contributed by atoms with E-state index in [0.717, 1.165) is 11.3 Å². The molecule has 1 aromatic heterocycles. The zero-order chi connectivity index (χ0) is 17.3. The second-order valence-corrected chi connectivity index (χ2v) is 7.05. The van der Waals surface area contributed by atoms with E-state index in [9.17, 15) is 13.2 Å². The number of esters is 1. The normalized spacial score (nSPS) is 13.8. The van der Waals surface area contributed by atoms with Crippen LogP contribution in [0.4, 0.5) is 5.69 Å². The second kappa shape index (κ2) is 6.29. The average Bonchev–Trinajstić information content (AvgIpc) is 3.14. The van der Waals surface area contributed by atoms with Gasteiger partial charge >= 0.3 is 5.97 Å². The van der Waals surface area contributed by atoms with Crippen LogP contribution in [-0.4, -0.2) is 27.5 Å². The molecule has 1 aliphatic heterocycles. The lowest BCUT2D eigenvalue weighted by atomic mass is 10.2. The standard InChI is InChI=1S/C16H18N2O5S/c1-2-22-16(19)13-6-8-23-15(13)10-18-7-5-11-9-12(24(17,20)21)3-4-14(11)18/h3-4,6,8-9H,2,5,7,10H2,1H3,(H2,17,20,21). The van der Waals surface area contributed by atoms with Crippen LogP contribution >= 0.6 is 0 Å². The van der Waals surface area contributed by atoms with E-state index in [1.54, 1.807) is 25.1 Å². The van der Waals surface area contributed by atoms with Crippen LogP contribution in [0.5, 0.6) is 0 Å². The van der Waals surface area contributed by atoms with Crippen LogP contribution in [0, 0.1) is 0 Å². The van der Waals surface area contributed by atoms with Gasteiger partial charge in [0.15, 0.2) is 0 Å². The SMILES string of the molecule is CCOC(=O)c1ccoc1CN1CCc2cc(S(N)(=O)=O)ccc21. The fourth-order valence-corrected chi connectivity index (χ4v) is 3.38. The number of benzene rings is 1. The highest BCUT2D eigenvalue weighted by molar-refractivity contribution is 7.89. The molecule has 8 heteroatoms. The summed E-state index contributed by atoms with van der Waals surface area (Å²) in [6, 6.07) is 6.41. The molecule has 24 heavy (non-hydrogen) atoms. The molecule has 0 saturated heterocycles. The number of hydrogen-bond donors (Lipinski definition) is 1. The molecule has 0 amide bonds. The monoisotopic (exact) mass is 350 g/mol. The molecule has 128 valence electrons. The van der Waals surface area contributed by atoms with Gasteiger partial charge in [-0.05, 0) is 43.2 Å². The maximum Gasteiger partial charge on any atom is 0.341 e. The molecule has 1 aromatic carbocycles. The van der Waals surface area contributed by atoms with Crippen molar-refractivity contribution in [2.45, 2.75) is 24.8 Å². The number of nitrogens with zero attached hydrogens (tertiary/aromatic N) is 1. The molecule has 0 unspecified atom stereocenters. The summed E-state index contributed by atoms with van der Waals surface area (Å²) in [7, 11) is -3.71. The van der Waals surface area contributed by atoms with Gasteiger partial charge in [0.25, 0.3) is 0 Å². The Hall–Kier alpha value is -2.32. The topological polar surface area (TPSA) is 103 Å². The summed E-state index contributed by atoms with van der Waals surface area (Å²) < 4.78 is 33.3. The number of furan rings is 1. The van der Waals surface area contributed by atoms with E-state index in [-0.39, 0.29) is 4.90 Å². The zero-order valence-corrected chi connectivity index (χ0v) is 14.0. The van der Waals surface area contributed by atoms with Crippen molar-refractivity contribution in [3.05, 3.63) is 47.4 Å². The van der Waals surface area contributed by atoms with Gasteiger partial charge in [-0.2, -0.15) is 0 Å². The van der Waals surface area contributed by atoms with Crippen molar-refractivity contribution in [2.24, 2.45) is 5.14 Å². The van der Waals surface area contributed by atoms with Crippen LogP contribution < -0.4 is 10.0 Å². The van der Waals surface area contributed by atoms with Gasteiger partial charge in [0.05, 0.1) is 24.3 Å². The molecule has 0 bridgehead atoms. The first-order valence-electron chi connectivity index (χ1n) is 7.54. The van der Waals surface area contributed by atoms with Crippen molar-refractivity contribution >= 4 is 21.7 Å². The zero-order valence-electron chi connectivity index (χ0n) is 13.2. The Morgan fingerprint density at radius 2 is 2.17 bits per heavy atom. The van der Waals surface area contributed by atoms with Crippen molar-refractivity contribution in [1.29, 1.82) is 0 Å². The van der Waals surface area contributed by atoms with Crippen LogP contribution in [0.25, 0.3) is 0 Å². The minimum atomic E-state index is -3.71. The van der Waals surface area contributed by atoms with Crippen molar-refractivity contribution in [1.82, 2.24) is 0 Å². The highest BCUT2D eigenvalue weighted by Crippen LogP contribution is 2.31. The average molecular weight is 350 g/mol. The van der Waals surface area contributed by atoms with Gasteiger partial charge in [0, 0.05) is 12.2 Å². The van der Waals surface area contributed by atoms with Crippen LogP contribution in [-0.2, 0) is 27.7 Å². The fourth-order valence-electron chi connectivity index (χ4n) is 2.81. The molecule has 2 aromatic rings. The van der Waals surface area contributed by atoms with Gasteiger partial charge in [-0.25, -0.2) is 18.4 Å². The minimum absolute atomic E-state index is 0.105. The molecule has 0 aliphatic carbocycles. The molecular weight excluding hydrogens is 332 g/mol. The first-order chi connectivity index (χ1) is 11.4. The number of rotatable bonds is 5. The van der Waals surface area contributed by atoms with Crippen molar-refractivity contribution < 1.29 is 22.4 Å². The highest BCUT2D eigenvalue weighted by atomic mass is 32.2. The van der Waals surface area contributed by atoms with Crippen molar-refractivity contribution in [3.63, 3.8) is 0 Å². The largest absolute Gasteiger partial charge is 0.467 e. The molecule has 0 saturated carbocycles. The van der Waals surface area contributed by atoms with E-state index in [1.165, 1.54) is 12.3 Å². The lowest BCUT2D eigenvalue weighted by Gasteiger charge is -2.18. The van der Waals surface area contributed by atoms with Crippen molar-refractivity contribution in [2.75, 3.05) is 18.1 Å². The quantitative estimate of drug-likeness (QED) is 0.823. The predicted octanol–water partition coefficient (Wildman–Crippen LogP) is 1.67. The Labute approximate surface area is 140 Å². The maximum atomic E-state index is 11.9. The van der Waals surface area contributed by atoms with Gasteiger partial charge in [-0.3, -0.25) is 0 Å². The fraction of sp³-hybridized carbons (Fsp3) is 0.312. The molecule has 0 spiro atoms. The van der Waals surface area contributed by atoms with E-state index >= 15 is 0 Å². The van der Waals surface area contributed by atoms with Crippen LogP contribution in [0.1, 0.15) is 28.6 Å². The number of fused-ring (bicyclic) bond motifs is 1. The lowest BCUT2D eigenvalue weighted by Crippen LogP contribution is -2.21. The predicted molar refractivity (Wildman–Crippen MR) is 87.2 cm³/mol. The Balaban J connectivity index is 1.83. The minimum Gasteiger partial charge on any atom is -0.467 e. The third kappa shape index (κ3) is 3.15. The number of carbonyl (C=O) groups is 1. The van der Waals surface area contributed by atoms with E-state index in [4.69, 9.17) is 14.3 Å². The summed E-state index contributed by atoms with van der Waals surface area (Å²) in [5.41, 5.74) is 2.23. The molecule has 0 radical (unpaired) electrons. The first-order valence-corrected chi connectivity index (χ1v) is 9.09. The summed E-state index contributed by atoms with van der Waals surface area (Å²) in [5, 5.41) is 5.17. The second-order valence-electron chi connectivity index (χ2n) is 5.49.